The molecule has 1 aromatic heterocycles. The van der Waals surface area contributed by atoms with E-state index in [2.05, 4.69) is 10.6 Å². The maximum absolute atomic E-state index is 12.3. The van der Waals surface area contributed by atoms with Crippen molar-refractivity contribution in [3.05, 3.63) is 59.7 Å². The summed E-state index contributed by atoms with van der Waals surface area (Å²) in [5.74, 6) is -2.17. The summed E-state index contributed by atoms with van der Waals surface area (Å²) >= 11 is 0.985. The number of anilines is 1. The topological polar surface area (TPSA) is 119 Å². The van der Waals surface area contributed by atoms with Crippen molar-refractivity contribution >= 4 is 29.3 Å². The third kappa shape index (κ3) is 4.26. The maximum atomic E-state index is 12.3. The zero-order chi connectivity index (χ0) is 19.4. The van der Waals surface area contributed by atoms with E-state index in [1.807, 2.05) is 6.07 Å². The first-order valence-electron chi connectivity index (χ1n) is 7.86. The number of nitrogens with zero attached hydrogens (tertiary/aromatic N) is 2. The standard InChI is InChI=1S/C18H15N3O5S/c1-11-7-8-12(17(23)24)9-14(11)19-15(22)10-27-16-18(25)26-20-21(16)13-5-3-2-4-6-13/h2-9H,10H2,1H3,(H2-,19,20,22,23,24,25). The fourth-order valence-corrected chi connectivity index (χ4v) is 3.06. The van der Waals surface area contributed by atoms with E-state index in [9.17, 15) is 14.7 Å². The number of aromatic carboxylic acids is 1. The summed E-state index contributed by atoms with van der Waals surface area (Å²) in [6.45, 7) is 1.76. The van der Waals surface area contributed by atoms with E-state index in [4.69, 9.17) is 9.63 Å². The van der Waals surface area contributed by atoms with Crippen LogP contribution in [0.5, 0.6) is 5.95 Å². The highest BCUT2D eigenvalue weighted by Gasteiger charge is 2.22. The summed E-state index contributed by atoms with van der Waals surface area (Å²) in [6, 6.07) is 13.4. The highest BCUT2D eigenvalue weighted by Crippen LogP contribution is 2.24. The van der Waals surface area contributed by atoms with Gasteiger partial charge in [0.1, 0.15) is 0 Å². The van der Waals surface area contributed by atoms with Gasteiger partial charge < -0.3 is 20.1 Å². The predicted octanol–water partition coefficient (Wildman–Crippen LogP) is 1.76. The molecule has 3 rings (SSSR count). The van der Waals surface area contributed by atoms with E-state index < -0.39 is 11.9 Å². The zero-order valence-electron chi connectivity index (χ0n) is 14.2. The van der Waals surface area contributed by atoms with E-state index in [-0.39, 0.29) is 22.2 Å². The number of benzene rings is 2. The molecule has 1 heterocycles. The summed E-state index contributed by atoms with van der Waals surface area (Å²) in [5, 5.41) is 27.5. The van der Waals surface area contributed by atoms with Gasteiger partial charge in [-0.3, -0.25) is 4.79 Å². The number of rotatable bonds is 6. The van der Waals surface area contributed by atoms with Crippen LogP contribution >= 0.6 is 11.8 Å². The van der Waals surface area contributed by atoms with E-state index in [0.717, 1.165) is 17.3 Å². The lowest BCUT2D eigenvalue weighted by atomic mass is 10.1. The lowest BCUT2D eigenvalue weighted by Gasteiger charge is -2.08. The molecule has 0 unspecified atom stereocenters. The van der Waals surface area contributed by atoms with E-state index >= 15 is 0 Å². The summed E-state index contributed by atoms with van der Waals surface area (Å²) in [4.78, 5) is 23.3. The van der Waals surface area contributed by atoms with Crippen molar-refractivity contribution in [2.45, 2.75) is 11.9 Å². The normalized spacial score (nSPS) is 10.6. The first kappa shape index (κ1) is 18.5. The highest BCUT2D eigenvalue weighted by molar-refractivity contribution is 7.99. The van der Waals surface area contributed by atoms with E-state index in [1.165, 1.54) is 16.8 Å². The van der Waals surface area contributed by atoms with Crippen LogP contribution in [-0.2, 0) is 4.79 Å². The van der Waals surface area contributed by atoms with E-state index in [0.29, 0.717) is 11.4 Å². The number of carboxylic acid groups (broad SMARTS) is 1. The molecule has 0 saturated heterocycles. The molecule has 0 bridgehead atoms. The SMILES string of the molecule is Cc1ccc(C(=O)O)cc1NC(=O)CSc1c([O-])on[n+]1-c1ccccc1. The second kappa shape index (κ2) is 7.92. The number of thioether (sulfide) groups is 1. The molecule has 0 atom stereocenters. The van der Waals surface area contributed by atoms with Crippen LogP contribution in [0, 0.1) is 6.92 Å². The molecule has 2 aromatic carbocycles. The van der Waals surface area contributed by atoms with Gasteiger partial charge in [-0.2, -0.15) is 0 Å². The molecular formula is C18H15N3O5S. The molecule has 3 aromatic rings. The average Bonchev–Trinajstić information content (AvgIpc) is 3.03. The van der Waals surface area contributed by atoms with Crippen molar-refractivity contribution in [1.82, 2.24) is 5.27 Å². The number of nitrogens with one attached hydrogen (secondary N) is 1. The van der Waals surface area contributed by atoms with Gasteiger partial charge in [0.15, 0.2) is 5.95 Å². The van der Waals surface area contributed by atoms with Crippen LogP contribution in [0.3, 0.4) is 0 Å². The smallest absolute Gasteiger partial charge is 0.335 e. The zero-order valence-corrected chi connectivity index (χ0v) is 15.0. The molecule has 1 amide bonds. The lowest BCUT2D eigenvalue weighted by molar-refractivity contribution is -0.705. The molecular weight excluding hydrogens is 370 g/mol. The van der Waals surface area contributed by atoms with Crippen LogP contribution in [-0.4, -0.2) is 28.0 Å². The molecule has 9 heteroatoms. The molecule has 138 valence electrons. The van der Waals surface area contributed by atoms with Crippen LogP contribution in [0.4, 0.5) is 5.69 Å². The van der Waals surface area contributed by atoms with Gasteiger partial charge in [0, 0.05) is 17.8 Å². The van der Waals surface area contributed by atoms with Gasteiger partial charge in [-0.1, -0.05) is 24.3 Å². The monoisotopic (exact) mass is 385 g/mol. The third-order valence-corrected chi connectivity index (χ3v) is 4.69. The predicted molar refractivity (Wildman–Crippen MR) is 95.0 cm³/mol. The number of aryl methyl sites for hydroxylation is 1. The molecule has 0 aliphatic carbocycles. The van der Waals surface area contributed by atoms with Crippen LogP contribution < -0.4 is 15.1 Å². The Morgan fingerprint density at radius 3 is 2.70 bits per heavy atom. The van der Waals surface area contributed by atoms with Gasteiger partial charge in [0.25, 0.3) is 5.03 Å². The molecule has 0 saturated carbocycles. The van der Waals surface area contributed by atoms with Crippen LogP contribution in [0.15, 0.2) is 58.1 Å². The van der Waals surface area contributed by atoms with Crippen molar-refractivity contribution in [1.29, 1.82) is 0 Å². The van der Waals surface area contributed by atoms with Crippen LogP contribution in [0.1, 0.15) is 15.9 Å². The number of para-hydroxylation sites is 1. The number of carbonyl (C=O) groups excluding carboxylic acids is 1. The van der Waals surface area contributed by atoms with Gasteiger partial charge in [-0.25, -0.2) is 4.79 Å². The summed E-state index contributed by atoms with van der Waals surface area (Å²) in [5.41, 5.74) is 1.85. The minimum atomic E-state index is -1.08. The molecule has 0 radical (unpaired) electrons. The lowest BCUT2D eigenvalue weighted by Crippen LogP contribution is -2.35. The number of hydrogen-bond acceptors (Lipinski definition) is 6. The van der Waals surface area contributed by atoms with Crippen molar-refractivity contribution in [3.8, 4) is 11.6 Å². The van der Waals surface area contributed by atoms with Gasteiger partial charge >= 0.3 is 5.97 Å². The Kier molecular flexibility index (Phi) is 5.41. The molecule has 0 fully saturated rings. The van der Waals surface area contributed by atoms with Gasteiger partial charge in [-0.15, -0.1) is 0 Å². The minimum absolute atomic E-state index is 0.0694. The maximum Gasteiger partial charge on any atom is 0.335 e. The Balaban J connectivity index is 1.71. The van der Waals surface area contributed by atoms with Crippen LogP contribution in [0.25, 0.3) is 5.69 Å². The quantitative estimate of drug-likeness (QED) is 0.490. The Hall–Kier alpha value is -3.33. The summed E-state index contributed by atoms with van der Waals surface area (Å²) in [6.07, 6.45) is 0. The first-order valence-corrected chi connectivity index (χ1v) is 8.85. The Morgan fingerprint density at radius 1 is 1.26 bits per heavy atom. The molecule has 0 spiro atoms. The Morgan fingerprint density at radius 2 is 2.00 bits per heavy atom. The fraction of sp³-hybridized carbons (Fsp3) is 0.111. The summed E-state index contributed by atoms with van der Waals surface area (Å²) < 4.78 is 6.03. The second-order valence-electron chi connectivity index (χ2n) is 5.58. The van der Waals surface area contributed by atoms with Gasteiger partial charge in [0.2, 0.25) is 11.6 Å². The first-order chi connectivity index (χ1) is 13.0. The highest BCUT2D eigenvalue weighted by atomic mass is 32.2. The van der Waals surface area contributed by atoms with Crippen molar-refractivity contribution in [2.24, 2.45) is 0 Å². The summed E-state index contributed by atoms with van der Waals surface area (Å²) in [7, 11) is 0. The van der Waals surface area contributed by atoms with Gasteiger partial charge in [-0.05, 0) is 41.1 Å². The molecule has 8 nitrogen and oxygen atoms in total. The minimum Gasteiger partial charge on any atom is -0.538 e. The number of carbonyl (C=O) groups is 2. The number of amides is 1. The van der Waals surface area contributed by atoms with Gasteiger partial charge in [0.05, 0.1) is 16.6 Å². The number of aromatic nitrogens is 2. The fourth-order valence-electron chi connectivity index (χ4n) is 2.30. The van der Waals surface area contributed by atoms with Crippen molar-refractivity contribution in [2.75, 3.05) is 11.1 Å². The Bertz CT molecular complexity index is 988. The van der Waals surface area contributed by atoms with Crippen LogP contribution in [0.2, 0.25) is 0 Å². The largest absolute Gasteiger partial charge is 0.538 e. The second-order valence-corrected chi connectivity index (χ2v) is 6.55. The molecule has 2 N–H and O–H groups in total. The van der Waals surface area contributed by atoms with E-state index in [1.54, 1.807) is 37.3 Å². The number of hydrogen-bond donors (Lipinski definition) is 2. The molecule has 0 aliphatic rings. The number of carboxylic acids is 1. The van der Waals surface area contributed by atoms with Crippen molar-refractivity contribution < 1.29 is 29.0 Å². The molecule has 27 heavy (non-hydrogen) atoms. The van der Waals surface area contributed by atoms with Crippen molar-refractivity contribution in [3.63, 3.8) is 0 Å². The molecule has 0 aliphatic heterocycles. The average molecular weight is 385 g/mol. The third-order valence-electron chi connectivity index (χ3n) is 3.67. The Labute approximate surface area is 158 Å².